The summed E-state index contributed by atoms with van der Waals surface area (Å²) in [6.07, 6.45) is 4.08. The van der Waals surface area contributed by atoms with E-state index in [2.05, 4.69) is 5.32 Å². The Kier molecular flexibility index (Phi) is 4.92. The monoisotopic (exact) mass is 350 g/mol. The number of nitrogens with one attached hydrogen (secondary N) is 1. The molecule has 4 nitrogen and oxygen atoms in total. The second kappa shape index (κ2) is 6.66. The van der Waals surface area contributed by atoms with Gasteiger partial charge < -0.3 is 15.3 Å². The topological polar surface area (TPSA) is 52.6 Å². The van der Waals surface area contributed by atoms with E-state index in [-0.39, 0.29) is 24.2 Å². The fraction of sp³-hybridized carbons (Fsp3) is 0.632. The van der Waals surface area contributed by atoms with Gasteiger partial charge in [0.05, 0.1) is 0 Å². The van der Waals surface area contributed by atoms with Crippen LogP contribution in [0.5, 0.6) is 0 Å². The van der Waals surface area contributed by atoms with Gasteiger partial charge in [0.25, 0.3) is 5.91 Å². The Morgan fingerprint density at radius 3 is 2.33 bits per heavy atom. The van der Waals surface area contributed by atoms with Crippen LogP contribution in [0.2, 0.25) is 0 Å². The van der Waals surface area contributed by atoms with Crippen LogP contribution in [0.25, 0.3) is 0 Å². The molecule has 3 aliphatic rings. The lowest BCUT2D eigenvalue weighted by Gasteiger charge is -2.37. The van der Waals surface area contributed by atoms with E-state index < -0.39 is 5.60 Å². The van der Waals surface area contributed by atoms with Gasteiger partial charge in [-0.25, -0.2) is 0 Å². The van der Waals surface area contributed by atoms with Crippen molar-refractivity contribution >= 4 is 18.3 Å². The van der Waals surface area contributed by atoms with Gasteiger partial charge in [0.2, 0.25) is 0 Å². The summed E-state index contributed by atoms with van der Waals surface area (Å²) in [4.78, 5) is 15.2. The molecule has 2 aliphatic carbocycles. The molecule has 1 heterocycles. The SMILES string of the molecule is CN(C(=O)C(O)(c1ccccc1)C1CCCC1)C1C2CNC[C@@H]21.Cl. The summed E-state index contributed by atoms with van der Waals surface area (Å²) in [5.74, 6) is 1.09. The van der Waals surface area contributed by atoms with Crippen molar-refractivity contribution in [2.75, 3.05) is 20.1 Å². The number of benzene rings is 1. The third-order valence-corrected chi connectivity index (χ3v) is 6.30. The Morgan fingerprint density at radius 1 is 1.17 bits per heavy atom. The van der Waals surface area contributed by atoms with Crippen LogP contribution in [0.3, 0.4) is 0 Å². The Hall–Kier alpha value is -1.10. The van der Waals surface area contributed by atoms with E-state index in [1.807, 2.05) is 42.3 Å². The molecular weight excluding hydrogens is 324 g/mol. The molecule has 2 saturated carbocycles. The maximum Gasteiger partial charge on any atom is 0.259 e. The van der Waals surface area contributed by atoms with Crippen LogP contribution in [0.4, 0.5) is 0 Å². The van der Waals surface area contributed by atoms with Crippen molar-refractivity contribution in [1.82, 2.24) is 10.2 Å². The minimum atomic E-state index is -1.36. The van der Waals surface area contributed by atoms with Gasteiger partial charge in [-0.2, -0.15) is 0 Å². The van der Waals surface area contributed by atoms with E-state index in [4.69, 9.17) is 0 Å². The van der Waals surface area contributed by atoms with Gasteiger partial charge in [-0.15, -0.1) is 12.4 Å². The van der Waals surface area contributed by atoms with Crippen molar-refractivity contribution in [2.24, 2.45) is 17.8 Å². The first-order valence-electron chi connectivity index (χ1n) is 8.90. The van der Waals surface area contributed by atoms with Crippen molar-refractivity contribution in [1.29, 1.82) is 0 Å². The maximum absolute atomic E-state index is 13.3. The number of carbonyl (C=O) groups excluding carboxylic acids is 1. The lowest BCUT2D eigenvalue weighted by Crippen LogP contribution is -2.51. The molecule has 1 aromatic rings. The number of likely N-dealkylation sites (N-methyl/N-ethyl adjacent to an activating group) is 1. The summed E-state index contributed by atoms with van der Waals surface area (Å²) in [7, 11) is 1.88. The number of piperidine rings is 1. The molecule has 3 unspecified atom stereocenters. The molecule has 4 rings (SSSR count). The highest BCUT2D eigenvalue weighted by atomic mass is 35.5. The van der Waals surface area contributed by atoms with E-state index in [1.165, 1.54) is 0 Å². The van der Waals surface area contributed by atoms with Crippen LogP contribution < -0.4 is 5.32 Å². The van der Waals surface area contributed by atoms with Crippen LogP contribution in [-0.4, -0.2) is 42.1 Å². The average molecular weight is 351 g/mol. The number of amides is 1. The molecular formula is C19H27ClN2O2. The Bertz CT molecular complexity index is 580. The first kappa shape index (κ1) is 17.7. The van der Waals surface area contributed by atoms with Crippen LogP contribution in [-0.2, 0) is 10.4 Å². The van der Waals surface area contributed by atoms with E-state index in [0.717, 1.165) is 44.3 Å². The van der Waals surface area contributed by atoms with Crippen LogP contribution >= 0.6 is 12.4 Å². The second-order valence-electron chi connectivity index (χ2n) is 7.51. The highest BCUT2D eigenvalue weighted by Gasteiger charge is 2.59. The summed E-state index contributed by atoms with van der Waals surface area (Å²) in [5, 5.41) is 14.9. The van der Waals surface area contributed by atoms with E-state index >= 15 is 0 Å². The number of carbonyl (C=O) groups is 1. The van der Waals surface area contributed by atoms with Crippen molar-refractivity contribution < 1.29 is 9.90 Å². The third-order valence-electron chi connectivity index (χ3n) is 6.30. The van der Waals surface area contributed by atoms with E-state index in [1.54, 1.807) is 0 Å². The minimum Gasteiger partial charge on any atom is -0.375 e. The molecule has 1 amide bonds. The number of hydrogen-bond donors (Lipinski definition) is 2. The molecule has 3 fully saturated rings. The number of hydrogen-bond acceptors (Lipinski definition) is 3. The summed E-state index contributed by atoms with van der Waals surface area (Å²) in [5.41, 5.74) is -0.607. The molecule has 0 bridgehead atoms. The minimum absolute atomic E-state index is 0. The van der Waals surface area contributed by atoms with Crippen LogP contribution in [0.1, 0.15) is 31.2 Å². The van der Waals surface area contributed by atoms with Gasteiger partial charge in [-0.1, -0.05) is 43.2 Å². The zero-order chi connectivity index (χ0) is 16.0. The Balaban J connectivity index is 0.00000169. The first-order chi connectivity index (χ1) is 11.1. The number of rotatable bonds is 4. The number of aliphatic hydroxyl groups is 1. The summed E-state index contributed by atoms with van der Waals surface area (Å²) in [6, 6.07) is 9.87. The molecule has 0 spiro atoms. The van der Waals surface area contributed by atoms with Gasteiger partial charge >= 0.3 is 0 Å². The highest BCUT2D eigenvalue weighted by molar-refractivity contribution is 5.87. The zero-order valence-electron chi connectivity index (χ0n) is 14.1. The van der Waals surface area contributed by atoms with Crippen molar-refractivity contribution in [3.63, 3.8) is 0 Å². The quantitative estimate of drug-likeness (QED) is 0.875. The van der Waals surface area contributed by atoms with E-state index in [0.29, 0.717) is 17.9 Å². The molecule has 0 aromatic heterocycles. The molecule has 2 N–H and O–H groups in total. The second-order valence-corrected chi connectivity index (χ2v) is 7.51. The first-order valence-corrected chi connectivity index (χ1v) is 8.90. The molecule has 1 aliphatic heterocycles. The van der Waals surface area contributed by atoms with Crippen molar-refractivity contribution in [3.05, 3.63) is 35.9 Å². The highest BCUT2D eigenvalue weighted by Crippen LogP contribution is 2.48. The fourth-order valence-electron chi connectivity index (χ4n) is 4.93. The lowest BCUT2D eigenvalue weighted by atomic mass is 9.79. The Labute approximate surface area is 150 Å². The van der Waals surface area contributed by atoms with Gasteiger partial charge in [0.1, 0.15) is 0 Å². The molecule has 0 radical (unpaired) electrons. The van der Waals surface area contributed by atoms with Crippen molar-refractivity contribution in [2.45, 2.75) is 37.3 Å². The summed E-state index contributed by atoms with van der Waals surface area (Å²) >= 11 is 0. The zero-order valence-corrected chi connectivity index (χ0v) is 15.0. The van der Waals surface area contributed by atoms with Crippen LogP contribution in [0, 0.1) is 17.8 Å². The molecule has 4 atom stereocenters. The lowest BCUT2D eigenvalue weighted by molar-refractivity contribution is -0.159. The number of fused-ring (bicyclic) bond motifs is 1. The summed E-state index contributed by atoms with van der Waals surface area (Å²) in [6.45, 7) is 2.00. The molecule has 1 aromatic carbocycles. The van der Waals surface area contributed by atoms with Gasteiger partial charge in [-0.05, 0) is 30.2 Å². The molecule has 5 heteroatoms. The largest absolute Gasteiger partial charge is 0.375 e. The van der Waals surface area contributed by atoms with Gasteiger partial charge in [-0.3, -0.25) is 4.79 Å². The third kappa shape index (κ3) is 2.65. The molecule has 24 heavy (non-hydrogen) atoms. The van der Waals surface area contributed by atoms with Gasteiger partial charge in [0, 0.05) is 32.1 Å². The predicted molar refractivity (Wildman–Crippen MR) is 96.0 cm³/mol. The maximum atomic E-state index is 13.3. The smallest absolute Gasteiger partial charge is 0.259 e. The fourth-order valence-corrected chi connectivity index (χ4v) is 4.93. The van der Waals surface area contributed by atoms with Gasteiger partial charge in [0.15, 0.2) is 5.60 Å². The number of halogens is 1. The normalized spacial score (nSPS) is 31.0. The van der Waals surface area contributed by atoms with Crippen LogP contribution in [0.15, 0.2) is 30.3 Å². The van der Waals surface area contributed by atoms with Crippen molar-refractivity contribution in [3.8, 4) is 0 Å². The predicted octanol–water partition coefficient (Wildman–Crippen LogP) is 2.16. The molecule has 132 valence electrons. The average Bonchev–Trinajstić information content (AvgIpc) is 3.02. The number of nitrogens with zero attached hydrogens (tertiary/aromatic N) is 1. The Morgan fingerprint density at radius 2 is 1.75 bits per heavy atom. The summed E-state index contributed by atoms with van der Waals surface area (Å²) < 4.78 is 0. The molecule has 1 saturated heterocycles. The standard InChI is InChI=1S/C19H26N2O2.ClH/c1-21(17-15-11-20-12-16(15)17)18(22)19(23,14-9-5-6-10-14)13-7-3-2-4-8-13;/h2-4,7-8,14-17,20,23H,5-6,9-12H2,1H3;1H/t15-,16?,17?,19?;/m0./s1. The van der Waals surface area contributed by atoms with E-state index in [9.17, 15) is 9.90 Å².